The Balaban J connectivity index is 3.22. The molecule has 0 bridgehead atoms. The summed E-state index contributed by atoms with van der Waals surface area (Å²) in [5, 5.41) is 8.92. The van der Waals surface area contributed by atoms with Crippen LogP contribution >= 0.6 is 24.2 Å². The molecule has 0 saturated carbocycles. The van der Waals surface area contributed by atoms with Crippen LogP contribution < -0.4 is 0 Å². The average Bonchev–Trinajstić information content (AvgIpc) is 2.31. The molecule has 0 aromatic heterocycles. The van der Waals surface area contributed by atoms with Crippen molar-refractivity contribution in [1.82, 2.24) is 0 Å². The van der Waals surface area contributed by atoms with Crippen molar-refractivity contribution in [2.75, 3.05) is 7.11 Å². The van der Waals surface area contributed by atoms with Gasteiger partial charge in [-0.25, -0.2) is 0 Å². The van der Waals surface area contributed by atoms with E-state index in [1.165, 1.54) is 7.11 Å². The van der Waals surface area contributed by atoms with Gasteiger partial charge < -0.3 is 4.74 Å². The van der Waals surface area contributed by atoms with E-state index in [9.17, 15) is 4.79 Å². The SMILES string of the molecule is COC(=O)Cc1c(C#N)ccc(CCl)c1S. The lowest BCUT2D eigenvalue weighted by molar-refractivity contribution is -0.139. The number of nitriles is 1. The second-order valence-corrected chi connectivity index (χ2v) is 3.81. The van der Waals surface area contributed by atoms with Crippen molar-refractivity contribution in [3.63, 3.8) is 0 Å². The summed E-state index contributed by atoms with van der Waals surface area (Å²) in [4.78, 5) is 11.8. The summed E-state index contributed by atoms with van der Waals surface area (Å²) < 4.78 is 4.57. The molecule has 5 heteroatoms. The Kier molecular flexibility index (Phi) is 4.66. The van der Waals surface area contributed by atoms with Crippen molar-refractivity contribution in [3.8, 4) is 6.07 Å². The quantitative estimate of drug-likeness (QED) is 0.512. The van der Waals surface area contributed by atoms with Crippen LogP contribution in [-0.2, 0) is 21.8 Å². The first kappa shape index (κ1) is 12.9. The predicted molar refractivity (Wildman–Crippen MR) is 63.7 cm³/mol. The molecule has 0 N–H and O–H groups in total. The Morgan fingerprint density at radius 3 is 2.81 bits per heavy atom. The molecule has 0 unspecified atom stereocenters. The summed E-state index contributed by atoms with van der Waals surface area (Å²) in [6.07, 6.45) is 0.0307. The number of halogens is 1. The zero-order valence-corrected chi connectivity index (χ0v) is 10.3. The number of benzene rings is 1. The van der Waals surface area contributed by atoms with Crippen molar-refractivity contribution in [2.24, 2.45) is 0 Å². The third-order valence-corrected chi connectivity index (χ3v) is 3.02. The summed E-state index contributed by atoms with van der Waals surface area (Å²) in [6, 6.07) is 5.38. The molecule has 1 rings (SSSR count). The highest BCUT2D eigenvalue weighted by atomic mass is 35.5. The number of hydrogen-bond donors (Lipinski definition) is 1. The summed E-state index contributed by atoms with van der Waals surface area (Å²) in [6.45, 7) is 0. The van der Waals surface area contributed by atoms with E-state index in [-0.39, 0.29) is 6.42 Å². The first-order valence-electron chi connectivity index (χ1n) is 4.50. The molecule has 3 nitrogen and oxygen atoms in total. The Labute approximate surface area is 104 Å². The maximum absolute atomic E-state index is 11.2. The Morgan fingerprint density at radius 2 is 2.31 bits per heavy atom. The average molecular weight is 256 g/mol. The van der Waals surface area contributed by atoms with E-state index >= 15 is 0 Å². The van der Waals surface area contributed by atoms with Gasteiger partial charge in [-0.15, -0.1) is 24.2 Å². The Morgan fingerprint density at radius 1 is 1.62 bits per heavy atom. The third kappa shape index (κ3) is 2.69. The largest absolute Gasteiger partial charge is 0.469 e. The summed E-state index contributed by atoms with van der Waals surface area (Å²) >= 11 is 10.0. The minimum Gasteiger partial charge on any atom is -0.469 e. The molecule has 0 spiro atoms. The number of alkyl halides is 1. The molecule has 0 aliphatic carbocycles. The lowest BCUT2D eigenvalue weighted by Crippen LogP contribution is -2.07. The van der Waals surface area contributed by atoms with Gasteiger partial charge in [-0.2, -0.15) is 5.26 Å². The third-order valence-electron chi connectivity index (χ3n) is 2.18. The van der Waals surface area contributed by atoms with Crippen molar-refractivity contribution in [3.05, 3.63) is 28.8 Å². The van der Waals surface area contributed by atoms with E-state index in [0.29, 0.717) is 21.9 Å². The fourth-order valence-corrected chi connectivity index (χ4v) is 1.96. The first-order valence-corrected chi connectivity index (χ1v) is 5.48. The van der Waals surface area contributed by atoms with Gasteiger partial charge in [0.25, 0.3) is 0 Å². The number of hydrogen-bond acceptors (Lipinski definition) is 4. The molecule has 0 heterocycles. The van der Waals surface area contributed by atoms with E-state index in [4.69, 9.17) is 16.9 Å². The van der Waals surface area contributed by atoms with E-state index < -0.39 is 5.97 Å². The van der Waals surface area contributed by atoms with Gasteiger partial charge in [0.05, 0.1) is 25.2 Å². The maximum Gasteiger partial charge on any atom is 0.310 e. The molecule has 0 atom stereocenters. The number of carbonyl (C=O) groups excluding carboxylic acids is 1. The number of carbonyl (C=O) groups is 1. The van der Waals surface area contributed by atoms with Crippen LogP contribution in [0.5, 0.6) is 0 Å². The molecule has 0 aliphatic heterocycles. The minimum atomic E-state index is -0.404. The normalized spacial score (nSPS) is 9.62. The number of rotatable bonds is 3. The highest BCUT2D eigenvalue weighted by Gasteiger charge is 2.14. The summed E-state index contributed by atoms with van der Waals surface area (Å²) in [5.74, 6) is -0.114. The summed E-state index contributed by atoms with van der Waals surface area (Å²) in [5.41, 5.74) is 1.78. The van der Waals surface area contributed by atoms with Crippen LogP contribution in [0, 0.1) is 11.3 Å². The van der Waals surface area contributed by atoms with Gasteiger partial charge in [0, 0.05) is 10.8 Å². The molecule has 0 aliphatic rings. The number of esters is 1. The highest BCUT2D eigenvalue weighted by molar-refractivity contribution is 7.80. The summed E-state index contributed by atoms with van der Waals surface area (Å²) in [7, 11) is 1.30. The minimum absolute atomic E-state index is 0.0307. The molecule has 0 amide bonds. The maximum atomic E-state index is 11.2. The Hall–Kier alpha value is -1.18. The topological polar surface area (TPSA) is 50.1 Å². The van der Waals surface area contributed by atoms with Crippen LogP contribution in [0.15, 0.2) is 17.0 Å². The zero-order valence-electron chi connectivity index (χ0n) is 8.66. The van der Waals surface area contributed by atoms with Gasteiger partial charge in [0.15, 0.2) is 0 Å². The monoisotopic (exact) mass is 255 g/mol. The number of nitrogens with zero attached hydrogens (tertiary/aromatic N) is 1. The van der Waals surface area contributed by atoms with E-state index in [2.05, 4.69) is 17.4 Å². The Bertz CT molecular complexity index is 454. The number of methoxy groups -OCH3 is 1. The smallest absolute Gasteiger partial charge is 0.310 e. The molecule has 1 aromatic rings. The van der Waals surface area contributed by atoms with Crippen molar-refractivity contribution in [2.45, 2.75) is 17.2 Å². The van der Waals surface area contributed by atoms with E-state index in [1.807, 2.05) is 6.07 Å². The van der Waals surface area contributed by atoms with Crippen LogP contribution in [0.2, 0.25) is 0 Å². The van der Waals surface area contributed by atoms with Gasteiger partial charge in [-0.3, -0.25) is 4.79 Å². The lowest BCUT2D eigenvalue weighted by atomic mass is 10.0. The highest BCUT2D eigenvalue weighted by Crippen LogP contribution is 2.25. The van der Waals surface area contributed by atoms with Crippen molar-refractivity contribution in [1.29, 1.82) is 5.26 Å². The molecule has 84 valence electrons. The second-order valence-electron chi connectivity index (χ2n) is 3.10. The molecular formula is C11H10ClNO2S. The molecule has 0 saturated heterocycles. The van der Waals surface area contributed by atoms with Gasteiger partial charge >= 0.3 is 5.97 Å². The van der Waals surface area contributed by atoms with Crippen LogP contribution in [0.25, 0.3) is 0 Å². The van der Waals surface area contributed by atoms with Crippen LogP contribution in [0.4, 0.5) is 0 Å². The standard InChI is InChI=1S/C11H10ClNO2S/c1-15-10(14)4-9-8(6-13)3-2-7(5-12)11(9)16/h2-3,16H,4-5H2,1H3. The van der Waals surface area contributed by atoms with Gasteiger partial charge in [-0.1, -0.05) is 6.07 Å². The number of ether oxygens (including phenoxy) is 1. The zero-order chi connectivity index (χ0) is 12.1. The number of thiol groups is 1. The van der Waals surface area contributed by atoms with Gasteiger partial charge in [-0.05, 0) is 17.2 Å². The second kappa shape index (κ2) is 5.78. The molecular weight excluding hydrogens is 246 g/mol. The fraction of sp³-hybridized carbons (Fsp3) is 0.273. The van der Waals surface area contributed by atoms with Crippen LogP contribution in [0.3, 0.4) is 0 Å². The van der Waals surface area contributed by atoms with E-state index in [1.54, 1.807) is 12.1 Å². The molecule has 0 radical (unpaired) electrons. The first-order chi connectivity index (χ1) is 7.63. The van der Waals surface area contributed by atoms with Crippen LogP contribution in [0.1, 0.15) is 16.7 Å². The van der Waals surface area contributed by atoms with Crippen molar-refractivity contribution < 1.29 is 9.53 Å². The van der Waals surface area contributed by atoms with Crippen LogP contribution in [-0.4, -0.2) is 13.1 Å². The fourth-order valence-electron chi connectivity index (χ4n) is 1.29. The van der Waals surface area contributed by atoms with Gasteiger partial charge in [0.2, 0.25) is 0 Å². The predicted octanol–water partition coefficient (Wildman–Crippen LogP) is 2.30. The van der Waals surface area contributed by atoms with E-state index in [0.717, 1.165) is 5.56 Å². The molecule has 16 heavy (non-hydrogen) atoms. The molecule has 1 aromatic carbocycles. The van der Waals surface area contributed by atoms with Crippen molar-refractivity contribution >= 4 is 30.2 Å². The lowest BCUT2D eigenvalue weighted by Gasteiger charge is -2.09. The molecule has 0 fully saturated rings. The van der Waals surface area contributed by atoms with Gasteiger partial charge in [0.1, 0.15) is 0 Å².